The normalized spacial score (nSPS) is 13.5. The van der Waals surface area contributed by atoms with Gasteiger partial charge in [-0.2, -0.15) is 0 Å². The molecule has 1 unspecified atom stereocenters. The van der Waals surface area contributed by atoms with Gasteiger partial charge < -0.3 is 15.7 Å². The van der Waals surface area contributed by atoms with Crippen molar-refractivity contribution >= 4 is 45.2 Å². The van der Waals surface area contributed by atoms with Crippen molar-refractivity contribution in [1.29, 1.82) is 0 Å². The minimum atomic E-state index is -1.31. The van der Waals surface area contributed by atoms with Crippen molar-refractivity contribution in [2.24, 2.45) is 0 Å². The van der Waals surface area contributed by atoms with Gasteiger partial charge in [0.1, 0.15) is 5.54 Å². The Labute approximate surface area is 124 Å². The number of hydrogen-bond acceptors (Lipinski definition) is 2. The third-order valence-electron chi connectivity index (χ3n) is 2.75. The Balaban J connectivity index is 2.78. The van der Waals surface area contributed by atoms with E-state index in [2.05, 4.69) is 26.6 Å². The molecular weight excluding hydrogens is 336 g/mol. The number of rotatable bonds is 4. The van der Waals surface area contributed by atoms with Gasteiger partial charge in [-0.3, -0.25) is 0 Å². The van der Waals surface area contributed by atoms with Gasteiger partial charge in [0.25, 0.3) is 0 Å². The Bertz CT molecular complexity index is 510. The summed E-state index contributed by atoms with van der Waals surface area (Å²) < 4.78 is 0.785. The number of amides is 2. The summed E-state index contributed by atoms with van der Waals surface area (Å²) in [4.78, 5) is 22.8. The lowest BCUT2D eigenvalue weighted by atomic mass is 10.00. The maximum Gasteiger partial charge on any atom is 0.329 e. The van der Waals surface area contributed by atoms with Gasteiger partial charge in [-0.25, -0.2) is 9.59 Å². The van der Waals surface area contributed by atoms with E-state index in [9.17, 15) is 9.59 Å². The Hall–Kier alpha value is -1.27. The molecule has 0 saturated heterocycles. The Morgan fingerprint density at radius 2 is 2.11 bits per heavy atom. The fourth-order valence-corrected chi connectivity index (χ4v) is 2.01. The predicted octanol–water partition coefficient (Wildman–Crippen LogP) is 3.48. The fraction of sp³-hybridized carbons (Fsp3) is 0.333. The van der Waals surface area contributed by atoms with Crippen LogP contribution in [0.25, 0.3) is 0 Å². The molecular formula is C12H14BrClN2O3. The lowest BCUT2D eigenvalue weighted by molar-refractivity contribution is -0.143. The minimum absolute atomic E-state index is 0.268. The van der Waals surface area contributed by atoms with Crippen LogP contribution >= 0.6 is 27.5 Å². The van der Waals surface area contributed by atoms with Gasteiger partial charge in [-0.15, -0.1) is 0 Å². The van der Waals surface area contributed by atoms with E-state index in [0.29, 0.717) is 10.7 Å². The molecule has 1 aromatic carbocycles. The summed E-state index contributed by atoms with van der Waals surface area (Å²) in [6.07, 6.45) is 0.268. The molecule has 104 valence electrons. The second-order valence-corrected chi connectivity index (χ2v) is 5.52. The summed E-state index contributed by atoms with van der Waals surface area (Å²) in [5, 5.41) is 14.4. The highest BCUT2D eigenvalue weighted by Crippen LogP contribution is 2.25. The molecule has 7 heteroatoms. The molecule has 0 radical (unpaired) electrons. The van der Waals surface area contributed by atoms with Crippen molar-refractivity contribution in [2.45, 2.75) is 25.8 Å². The number of hydrogen-bond donors (Lipinski definition) is 3. The molecule has 1 atom stereocenters. The maximum absolute atomic E-state index is 11.8. The molecule has 0 heterocycles. The van der Waals surface area contributed by atoms with Crippen LogP contribution in [0.15, 0.2) is 22.7 Å². The molecule has 0 fully saturated rings. The average Bonchev–Trinajstić information content (AvgIpc) is 2.32. The average molecular weight is 350 g/mol. The summed E-state index contributed by atoms with van der Waals surface area (Å²) >= 11 is 9.20. The van der Waals surface area contributed by atoms with Gasteiger partial charge in [0.05, 0.1) is 10.7 Å². The van der Waals surface area contributed by atoms with Crippen LogP contribution in [0.5, 0.6) is 0 Å². The highest BCUT2D eigenvalue weighted by atomic mass is 79.9. The SMILES string of the molecule is CCC(C)(NC(=O)Nc1ccc(Br)cc1Cl)C(=O)O. The van der Waals surface area contributed by atoms with Gasteiger partial charge in [0.2, 0.25) is 0 Å². The van der Waals surface area contributed by atoms with Gasteiger partial charge in [-0.1, -0.05) is 34.5 Å². The van der Waals surface area contributed by atoms with Crippen molar-refractivity contribution in [2.75, 3.05) is 5.32 Å². The van der Waals surface area contributed by atoms with Crippen LogP contribution in [-0.2, 0) is 4.79 Å². The zero-order chi connectivity index (χ0) is 14.6. The van der Waals surface area contributed by atoms with Gasteiger partial charge >= 0.3 is 12.0 Å². The van der Waals surface area contributed by atoms with Crippen LogP contribution in [0.2, 0.25) is 5.02 Å². The molecule has 1 rings (SSSR count). The number of urea groups is 1. The van der Waals surface area contributed by atoms with Crippen LogP contribution in [-0.4, -0.2) is 22.6 Å². The number of anilines is 1. The molecule has 3 N–H and O–H groups in total. The first kappa shape index (κ1) is 15.8. The molecule has 0 aliphatic carbocycles. The number of carboxylic acid groups (broad SMARTS) is 1. The number of benzene rings is 1. The molecule has 0 aromatic heterocycles. The zero-order valence-corrected chi connectivity index (χ0v) is 12.8. The van der Waals surface area contributed by atoms with Gasteiger partial charge in [0, 0.05) is 4.47 Å². The van der Waals surface area contributed by atoms with Crippen LogP contribution < -0.4 is 10.6 Å². The smallest absolute Gasteiger partial charge is 0.329 e. The molecule has 0 aliphatic heterocycles. The molecule has 19 heavy (non-hydrogen) atoms. The highest BCUT2D eigenvalue weighted by molar-refractivity contribution is 9.10. The zero-order valence-electron chi connectivity index (χ0n) is 10.5. The van der Waals surface area contributed by atoms with Crippen LogP contribution in [0.1, 0.15) is 20.3 Å². The molecule has 0 bridgehead atoms. The van der Waals surface area contributed by atoms with Crippen molar-refractivity contribution in [3.8, 4) is 0 Å². The lowest BCUT2D eigenvalue weighted by Gasteiger charge is -2.24. The number of nitrogens with one attached hydrogen (secondary N) is 2. The first-order valence-corrected chi connectivity index (χ1v) is 6.73. The second kappa shape index (κ2) is 6.25. The van der Waals surface area contributed by atoms with E-state index in [1.165, 1.54) is 6.92 Å². The Kier molecular flexibility index (Phi) is 5.20. The van der Waals surface area contributed by atoms with Crippen molar-refractivity contribution in [1.82, 2.24) is 5.32 Å². The predicted molar refractivity (Wildman–Crippen MR) is 77.6 cm³/mol. The lowest BCUT2D eigenvalue weighted by Crippen LogP contribution is -2.53. The third-order valence-corrected chi connectivity index (χ3v) is 3.55. The van der Waals surface area contributed by atoms with Gasteiger partial charge in [0.15, 0.2) is 0 Å². The topological polar surface area (TPSA) is 78.4 Å². The van der Waals surface area contributed by atoms with Crippen LogP contribution in [0, 0.1) is 0 Å². The van der Waals surface area contributed by atoms with E-state index in [0.717, 1.165) is 4.47 Å². The summed E-state index contributed by atoms with van der Waals surface area (Å²) in [6, 6.07) is 4.36. The second-order valence-electron chi connectivity index (χ2n) is 4.19. The summed E-state index contributed by atoms with van der Waals surface area (Å²) in [5.41, 5.74) is -0.905. The Morgan fingerprint density at radius 3 is 2.58 bits per heavy atom. The number of carbonyl (C=O) groups excluding carboxylic acids is 1. The number of carboxylic acids is 1. The number of aliphatic carboxylic acids is 1. The molecule has 0 spiro atoms. The standard InChI is InChI=1S/C12H14BrClN2O3/c1-3-12(2,10(17)18)16-11(19)15-9-5-4-7(13)6-8(9)14/h4-6H,3H2,1-2H3,(H,17,18)(H2,15,16,19). The van der Waals surface area contributed by atoms with Crippen molar-refractivity contribution < 1.29 is 14.7 Å². The highest BCUT2D eigenvalue weighted by Gasteiger charge is 2.32. The number of halogens is 2. The van der Waals surface area contributed by atoms with E-state index in [1.54, 1.807) is 25.1 Å². The minimum Gasteiger partial charge on any atom is -0.480 e. The first-order chi connectivity index (χ1) is 8.78. The molecule has 5 nitrogen and oxygen atoms in total. The van der Waals surface area contributed by atoms with Crippen LogP contribution in [0.4, 0.5) is 10.5 Å². The summed E-state index contributed by atoms with van der Waals surface area (Å²) in [6.45, 7) is 3.12. The third kappa shape index (κ3) is 4.11. The summed E-state index contributed by atoms with van der Waals surface area (Å²) in [7, 11) is 0. The van der Waals surface area contributed by atoms with E-state index in [4.69, 9.17) is 16.7 Å². The van der Waals surface area contributed by atoms with E-state index >= 15 is 0 Å². The first-order valence-electron chi connectivity index (χ1n) is 5.56. The largest absolute Gasteiger partial charge is 0.480 e. The van der Waals surface area contributed by atoms with Crippen molar-refractivity contribution in [3.63, 3.8) is 0 Å². The number of carbonyl (C=O) groups is 2. The Morgan fingerprint density at radius 1 is 1.47 bits per heavy atom. The molecule has 0 saturated carbocycles. The quantitative estimate of drug-likeness (QED) is 0.778. The van der Waals surface area contributed by atoms with E-state index < -0.39 is 17.5 Å². The van der Waals surface area contributed by atoms with E-state index in [-0.39, 0.29) is 6.42 Å². The van der Waals surface area contributed by atoms with Gasteiger partial charge in [-0.05, 0) is 31.5 Å². The monoisotopic (exact) mass is 348 g/mol. The van der Waals surface area contributed by atoms with Crippen molar-refractivity contribution in [3.05, 3.63) is 27.7 Å². The fourth-order valence-electron chi connectivity index (χ4n) is 1.29. The summed E-state index contributed by atoms with van der Waals surface area (Å²) in [5.74, 6) is -1.09. The van der Waals surface area contributed by atoms with Crippen LogP contribution in [0.3, 0.4) is 0 Å². The molecule has 2 amide bonds. The van der Waals surface area contributed by atoms with E-state index in [1.807, 2.05) is 0 Å². The molecule has 1 aromatic rings. The maximum atomic E-state index is 11.8. The molecule has 0 aliphatic rings.